The van der Waals surface area contributed by atoms with Gasteiger partial charge in [-0.15, -0.1) is 0 Å². The van der Waals surface area contributed by atoms with Gasteiger partial charge in [0.2, 0.25) is 11.3 Å². The summed E-state index contributed by atoms with van der Waals surface area (Å²) in [6.45, 7) is 1.31. The van der Waals surface area contributed by atoms with Gasteiger partial charge in [-0.3, -0.25) is 14.3 Å². The predicted molar refractivity (Wildman–Crippen MR) is 106 cm³/mol. The van der Waals surface area contributed by atoms with E-state index >= 15 is 0 Å². The zero-order valence-corrected chi connectivity index (χ0v) is 15.3. The van der Waals surface area contributed by atoms with Crippen LogP contribution in [0.15, 0.2) is 65.6 Å². The van der Waals surface area contributed by atoms with Crippen molar-refractivity contribution in [1.82, 2.24) is 14.7 Å². The fourth-order valence-electron chi connectivity index (χ4n) is 3.95. The number of aryl methyl sites for hydroxylation is 1. The molecule has 1 aliphatic rings. The molecule has 0 radical (unpaired) electrons. The predicted octanol–water partition coefficient (Wildman–Crippen LogP) is 3.02. The number of hydrogen-bond acceptors (Lipinski definition) is 3. The van der Waals surface area contributed by atoms with Crippen LogP contribution in [-0.2, 0) is 17.8 Å². The van der Waals surface area contributed by atoms with E-state index in [4.69, 9.17) is 0 Å². The summed E-state index contributed by atoms with van der Waals surface area (Å²) in [5.41, 5.74) is 1.96. The van der Waals surface area contributed by atoms with Crippen molar-refractivity contribution in [2.45, 2.75) is 38.3 Å². The molecular weight excluding hydrogens is 338 g/mol. The summed E-state index contributed by atoms with van der Waals surface area (Å²) in [5, 5.41) is 4.87. The van der Waals surface area contributed by atoms with E-state index in [0.717, 1.165) is 31.3 Å². The highest BCUT2D eigenvalue weighted by Crippen LogP contribution is 2.22. The van der Waals surface area contributed by atoms with Crippen molar-refractivity contribution in [3.05, 3.63) is 76.6 Å². The summed E-state index contributed by atoms with van der Waals surface area (Å²) in [5.74, 6) is 0.165. The monoisotopic (exact) mass is 361 g/mol. The van der Waals surface area contributed by atoms with Crippen molar-refractivity contribution in [2.75, 3.05) is 6.54 Å². The average molecular weight is 361 g/mol. The van der Waals surface area contributed by atoms with Gasteiger partial charge < -0.3 is 4.90 Å². The van der Waals surface area contributed by atoms with Crippen LogP contribution in [0.5, 0.6) is 0 Å². The Morgan fingerprint density at radius 3 is 2.70 bits per heavy atom. The molecule has 2 aromatic carbocycles. The van der Waals surface area contributed by atoms with Gasteiger partial charge in [0.1, 0.15) is 0 Å². The minimum absolute atomic E-state index is 0.0874. The number of likely N-dealkylation sites (tertiary alicyclic amines) is 1. The van der Waals surface area contributed by atoms with Gasteiger partial charge in [0.25, 0.3) is 0 Å². The normalized spacial score (nSPS) is 16.7. The topological polar surface area (TPSA) is 55.2 Å². The Morgan fingerprint density at radius 1 is 1.07 bits per heavy atom. The molecule has 4 rings (SSSR count). The third kappa shape index (κ3) is 3.77. The number of rotatable bonds is 5. The van der Waals surface area contributed by atoms with Crippen LogP contribution in [0, 0.1) is 0 Å². The van der Waals surface area contributed by atoms with Crippen LogP contribution in [0.4, 0.5) is 0 Å². The molecule has 0 aliphatic carbocycles. The molecule has 1 aromatic heterocycles. The van der Waals surface area contributed by atoms with Gasteiger partial charge >= 0.3 is 0 Å². The minimum atomic E-state index is -0.0874. The third-order valence-electron chi connectivity index (χ3n) is 5.31. The first-order valence-electron chi connectivity index (χ1n) is 9.50. The molecule has 0 spiro atoms. The molecule has 1 fully saturated rings. The van der Waals surface area contributed by atoms with Crippen molar-refractivity contribution in [3.63, 3.8) is 0 Å². The van der Waals surface area contributed by atoms with E-state index in [1.807, 2.05) is 41.3 Å². The molecule has 3 aromatic rings. The van der Waals surface area contributed by atoms with Gasteiger partial charge in [0.05, 0.1) is 18.3 Å². The molecule has 0 saturated carbocycles. The van der Waals surface area contributed by atoms with Gasteiger partial charge in [-0.1, -0.05) is 42.5 Å². The van der Waals surface area contributed by atoms with Crippen molar-refractivity contribution in [2.24, 2.45) is 0 Å². The molecular formula is C22H23N3O2. The summed E-state index contributed by atoms with van der Waals surface area (Å²) in [7, 11) is 0. The molecule has 1 unspecified atom stereocenters. The lowest BCUT2D eigenvalue weighted by atomic mass is 10.0. The van der Waals surface area contributed by atoms with Crippen molar-refractivity contribution < 1.29 is 4.79 Å². The van der Waals surface area contributed by atoms with Crippen molar-refractivity contribution >= 4 is 16.8 Å². The molecule has 2 heterocycles. The zero-order chi connectivity index (χ0) is 18.6. The Hall–Kier alpha value is -2.95. The van der Waals surface area contributed by atoms with Crippen LogP contribution in [0.1, 0.15) is 24.8 Å². The van der Waals surface area contributed by atoms with E-state index in [1.54, 1.807) is 10.7 Å². The van der Waals surface area contributed by atoms with E-state index in [2.05, 4.69) is 17.2 Å². The Labute approximate surface area is 158 Å². The van der Waals surface area contributed by atoms with Crippen LogP contribution >= 0.6 is 0 Å². The molecule has 138 valence electrons. The van der Waals surface area contributed by atoms with Gasteiger partial charge in [-0.05, 0) is 37.0 Å². The highest BCUT2D eigenvalue weighted by atomic mass is 16.2. The first-order chi connectivity index (χ1) is 13.2. The summed E-state index contributed by atoms with van der Waals surface area (Å²) in [4.78, 5) is 26.8. The second-order valence-corrected chi connectivity index (χ2v) is 7.07. The molecule has 1 amide bonds. The summed E-state index contributed by atoms with van der Waals surface area (Å²) < 4.78 is 1.76. The number of nitrogens with zero attached hydrogens (tertiary/aromatic N) is 3. The van der Waals surface area contributed by atoms with Gasteiger partial charge in [0.15, 0.2) is 0 Å². The highest BCUT2D eigenvalue weighted by molar-refractivity contribution is 5.79. The number of carbonyl (C=O) groups excluding carboxylic acids is 1. The number of hydrogen-bond donors (Lipinski definition) is 0. The molecule has 5 nitrogen and oxygen atoms in total. The number of para-hydroxylation sites is 1. The zero-order valence-electron chi connectivity index (χ0n) is 15.3. The molecule has 1 saturated heterocycles. The Kier molecular flexibility index (Phi) is 5.01. The summed E-state index contributed by atoms with van der Waals surface area (Å²) in [6.07, 6.45) is 4.75. The maximum atomic E-state index is 12.8. The summed E-state index contributed by atoms with van der Waals surface area (Å²) >= 11 is 0. The molecule has 1 aliphatic heterocycles. The maximum absolute atomic E-state index is 12.8. The Bertz CT molecular complexity index is 997. The number of aromatic nitrogens is 2. The molecule has 1 atom stereocenters. The van der Waals surface area contributed by atoms with E-state index in [-0.39, 0.29) is 17.4 Å². The first-order valence-corrected chi connectivity index (χ1v) is 9.50. The quantitative estimate of drug-likeness (QED) is 0.702. The lowest BCUT2D eigenvalue weighted by Crippen LogP contribution is -2.37. The van der Waals surface area contributed by atoms with Crippen LogP contribution in [0.3, 0.4) is 0 Å². The second-order valence-electron chi connectivity index (χ2n) is 7.07. The smallest absolute Gasteiger partial charge is 0.224 e. The largest absolute Gasteiger partial charge is 0.339 e. The number of fused-ring (bicyclic) bond motifs is 1. The number of carbonyl (C=O) groups is 1. The van der Waals surface area contributed by atoms with E-state index < -0.39 is 0 Å². The second kappa shape index (κ2) is 7.74. The minimum Gasteiger partial charge on any atom is -0.339 e. The number of benzene rings is 2. The molecule has 5 heteroatoms. The molecule has 0 bridgehead atoms. The highest BCUT2D eigenvalue weighted by Gasteiger charge is 2.28. The lowest BCUT2D eigenvalue weighted by Gasteiger charge is -2.25. The van der Waals surface area contributed by atoms with Gasteiger partial charge in [-0.25, -0.2) is 0 Å². The first kappa shape index (κ1) is 17.5. The van der Waals surface area contributed by atoms with Crippen molar-refractivity contribution in [3.8, 4) is 0 Å². The van der Waals surface area contributed by atoms with Gasteiger partial charge in [0, 0.05) is 24.4 Å². The SMILES string of the molecule is O=C(CCn1ncc(=O)c2ccccc21)N1CCCC1Cc1ccccc1. The van der Waals surface area contributed by atoms with Crippen LogP contribution in [0.25, 0.3) is 10.9 Å². The standard InChI is InChI=1S/C22H23N3O2/c26-21-16-23-25(20-11-5-4-10-19(20)21)14-12-22(27)24-13-6-9-18(24)15-17-7-2-1-3-8-17/h1-5,7-8,10-11,16,18H,6,9,12-15H2. The third-order valence-corrected chi connectivity index (χ3v) is 5.31. The van der Waals surface area contributed by atoms with Crippen LogP contribution < -0.4 is 5.43 Å². The lowest BCUT2D eigenvalue weighted by molar-refractivity contribution is -0.132. The van der Waals surface area contributed by atoms with E-state index in [1.165, 1.54) is 11.8 Å². The fraction of sp³-hybridized carbons (Fsp3) is 0.318. The average Bonchev–Trinajstić information content (AvgIpc) is 3.16. The molecule has 0 N–H and O–H groups in total. The fourth-order valence-corrected chi connectivity index (χ4v) is 3.95. The summed E-state index contributed by atoms with van der Waals surface area (Å²) in [6, 6.07) is 18.0. The molecule has 27 heavy (non-hydrogen) atoms. The van der Waals surface area contributed by atoms with Crippen molar-refractivity contribution in [1.29, 1.82) is 0 Å². The van der Waals surface area contributed by atoms with Crippen LogP contribution in [0.2, 0.25) is 0 Å². The van der Waals surface area contributed by atoms with Crippen LogP contribution in [-0.4, -0.2) is 33.2 Å². The maximum Gasteiger partial charge on any atom is 0.224 e. The Balaban J connectivity index is 1.45. The van der Waals surface area contributed by atoms with E-state index in [9.17, 15) is 9.59 Å². The van der Waals surface area contributed by atoms with Gasteiger partial charge in [-0.2, -0.15) is 5.10 Å². The number of amides is 1. The van der Waals surface area contributed by atoms with E-state index in [0.29, 0.717) is 18.4 Å². The Morgan fingerprint density at radius 2 is 1.85 bits per heavy atom.